The Bertz CT molecular complexity index is 1090. The summed E-state index contributed by atoms with van der Waals surface area (Å²) in [5.41, 5.74) is 10.5. The Hall–Kier alpha value is -3.19. The Morgan fingerprint density at radius 1 is 1.25 bits per heavy atom. The molecule has 0 saturated heterocycles. The molecule has 1 amide bonds. The number of hydrogen-bond acceptors (Lipinski definition) is 6. The standard InChI is InChI=1S/C20H18ClN5O2/c1-10-8-24-20(23-2)17-16(10)13-9-25-28-19(13)14(7-15(22)27)26-18(17)11-3-5-12(21)6-4-11/h3-6,8-9,14H,7H2,1-2H3,(H2,22,27)(H,23,24)/t14-/m0/s1. The Morgan fingerprint density at radius 2 is 2.00 bits per heavy atom. The lowest BCUT2D eigenvalue weighted by molar-refractivity contribution is -0.118. The Kier molecular flexibility index (Phi) is 4.60. The summed E-state index contributed by atoms with van der Waals surface area (Å²) in [4.78, 5) is 21.1. The largest absolute Gasteiger partial charge is 0.373 e. The van der Waals surface area contributed by atoms with E-state index in [2.05, 4.69) is 15.5 Å². The molecule has 4 rings (SSSR count). The minimum Gasteiger partial charge on any atom is -0.373 e. The van der Waals surface area contributed by atoms with Gasteiger partial charge in [0.2, 0.25) is 5.91 Å². The molecule has 1 aromatic carbocycles. The molecule has 1 atom stereocenters. The van der Waals surface area contributed by atoms with Gasteiger partial charge in [-0.15, -0.1) is 0 Å². The van der Waals surface area contributed by atoms with Gasteiger partial charge in [-0.1, -0.05) is 28.9 Å². The van der Waals surface area contributed by atoms with Crippen molar-refractivity contribution in [2.75, 3.05) is 12.4 Å². The van der Waals surface area contributed by atoms with Crippen LogP contribution in [0.5, 0.6) is 0 Å². The number of carbonyl (C=O) groups is 1. The lowest BCUT2D eigenvalue weighted by atomic mass is 9.92. The normalized spacial score (nSPS) is 15.2. The van der Waals surface area contributed by atoms with Crippen molar-refractivity contribution in [3.05, 3.63) is 64.1 Å². The van der Waals surface area contributed by atoms with E-state index >= 15 is 0 Å². The summed E-state index contributed by atoms with van der Waals surface area (Å²) >= 11 is 6.07. The molecule has 2 aromatic heterocycles. The van der Waals surface area contributed by atoms with Crippen LogP contribution in [0.2, 0.25) is 5.02 Å². The van der Waals surface area contributed by atoms with Gasteiger partial charge in [-0.05, 0) is 24.6 Å². The molecule has 1 aliphatic heterocycles. The Morgan fingerprint density at radius 3 is 2.68 bits per heavy atom. The molecule has 0 bridgehead atoms. The van der Waals surface area contributed by atoms with Crippen molar-refractivity contribution in [2.45, 2.75) is 19.4 Å². The van der Waals surface area contributed by atoms with Gasteiger partial charge in [0.05, 0.1) is 23.9 Å². The second-order valence-electron chi connectivity index (χ2n) is 6.56. The molecule has 142 valence electrons. The van der Waals surface area contributed by atoms with E-state index in [-0.39, 0.29) is 6.42 Å². The second kappa shape index (κ2) is 7.09. The number of carbonyl (C=O) groups excluding carboxylic acids is 1. The minimum absolute atomic E-state index is 0.00857. The van der Waals surface area contributed by atoms with E-state index in [1.165, 1.54) is 0 Å². The number of halogens is 1. The Labute approximate surface area is 166 Å². The minimum atomic E-state index is -0.586. The highest BCUT2D eigenvalue weighted by Crippen LogP contribution is 2.42. The SMILES string of the molecule is CNc1ncc(C)c2c1C(c1ccc(Cl)cc1)=N[C@@H](CC(N)=O)c1oncc1-2. The molecule has 1 aliphatic rings. The van der Waals surface area contributed by atoms with Crippen LogP contribution in [0.4, 0.5) is 5.82 Å². The predicted molar refractivity (Wildman–Crippen MR) is 108 cm³/mol. The number of aromatic nitrogens is 2. The van der Waals surface area contributed by atoms with Crippen molar-refractivity contribution in [1.82, 2.24) is 10.1 Å². The number of aliphatic imine (C=N–C) groups is 1. The molecule has 0 fully saturated rings. The quantitative estimate of drug-likeness (QED) is 0.703. The van der Waals surface area contributed by atoms with Crippen molar-refractivity contribution in [1.29, 1.82) is 0 Å². The molecule has 28 heavy (non-hydrogen) atoms. The number of pyridine rings is 1. The first-order valence-electron chi connectivity index (χ1n) is 8.74. The number of aryl methyl sites for hydroxylation is 1. The van der Waals surface area contributed by atoms with Crippen LogP contribution in [0, 0.1) is 6.92 Å². The van der Waals surface area contributed by atoms with E-state index in [0.717, 1.165) is 27.8 Å². The van der Waals surface area contributed by atoms with Gasteiger partial charge in [-0.25, -0.2) is 4.98 Å². The number of nitrogens with one attached hydrogen (secondary N) is 1. The molecular weight excluding hydrogens is 378 g/mol. The van der Waals surface area contributed by atoms with Gasteiger partial charge in [0.25, 0.3) is 0 Å². The van der Waals surface area contributed by atoms with Gasteiger partial charge in [0.1, 0.15) is 11.9 Å². The molecule has 0 radical (unpaired) electrons. The molecule has 7 nitrogen and oxygen atoms in total. The third kappa shape index (κ3) is 3.03. The highest BCUT2D eigenvalue weighted by molar-refractivity contribution is 6.30. The first kappa shape index (κ1) is 18.2. The maximum absolute atomic E-state index is 11.7. The van der Waals surface area contributed by atoms with Gasteiger partial charge in [-0.3, -0.25) is 9.79 Å². The van der Waals surface area contributed by atoms with E-state index in [0.29, 0.717) is 22.3 Å². The van der Waals surface area contributed by atoms with E-state index in [4.69, 9.17) is 26.9 Å². The molecule has 3 N–H and O–H groups in total. The third-order valence-corrected chi connectivity index (χ3v) is 4.96. The van der Waals surface area contributed by atoms with Gasteiger partial charge < -0.3 is 15.6 Å². The molecule has 0 spiro atoms. The predicted octanol–water partition coefficient (Wildman–Crippen LogP) is 3.51. The number of fused-ring (bicyclic) bond motifs is 3. The number of primary amides is 1. The van der Waals surface area contributed by atoms with Gasteiger partial charge in [0, 0.05) is 35.0 Å². The summed E-state index contributed by atoms with van der Waals surface area (Å²) in [5.74, 6) is 0.711. The maximum Gasteiger partial charge on any atom is 0.220 e. The monoisotopic (exact) mass is 395 g/mol. The van der Waals surface area contributed by atoms with Crippen LogP contribution in [0.25, 0.3) is 11.1 Å². The Balaban J connectivity index is 2.07. The summed E-state index contributed by atoms with van der Waals surface area (Å²) in [7, 11) is 1.80. The van der Waals surface area contributed by atoms with Crippen LogP contribution >= 0.6 is 11.6 Å². The smallest absolute Gasteiger partial charge is 0.220 e. The summed E-state index contributed by atoms with van der Waals surface area (Å²) < 4.78 is 5.51. The lowest BCUT2D eigenvalue weighted by Gasteiger charge is -2.16. The van der Waals surface area contributed by atoms with Crippen LogP contribution in [-0.4, -0.2) is 28.8 Å². The van der Waals surface area contributed by atoms with E-state index < -0.39 is 11.9 Å². The number of nitrogens with two attached hydrogens (primary N) is 1. The fourth-order valence-corrected chi connectivity index (χ4v) is 3.61. The summed E-state index contributed by atoms with van der Waals surface area (Å²) in [5, 5.41) is 7.72. The molecule has 8 heteroatoms. The first-order valence-corrected chi connectivity index (χ1v) is 9.12. The third-order valence-electron chi connectivity index (χ3n) is 4.71. The maximum atomic E-state index is 11.7. The van der Waals surface area contributed by atoms with Crippen LogP contribution in [0.1, 0.15) is 34.9 Å². The summed E-state index contributed by atoms with van der Waals surface area (Å²) in [6, 6.07) is 6.79. The number of rotatable bonds is 4. The van der Waals surface area contributed by atoms with Crippen molar-refractivity contribution < 1.29 is 9.32 Å². The summed E-state index contributed by atoms with van der Waals surface area (Å²) in [6.45, 7) is 1.97. The van der Waals surface area contributed by atoms with Crippen molar-refractivity contribution in [3.8, 4) is 11.1 Å². The zero-order chi connectivity index (χ0) is 19.8. The highest BCUT2D eigenvalue weighted by Gasteiger charge is 2.32. The number of hydrogen-bond donors (Lipinski definition) is 2. The average molecular weight is 396 g/mol. The zero-order valence-corrected chi connectivity index (χ0v) is 16.1. The zero-order valence-electron chi connectivity index (χ0n) is 15.4. The van der Waals surface area contributed by atoms with Crippen LogP contribution in [0.3, 0.4) is 0 Å². The van der Waals surface area contributed by atoms with Gasteiger partial charge in [-0.2, -0.15) is 0 Å². The second-order valence-corrected chi connectivity index (χ2v) is 7.00. The molecule has 0 saturated carbocycles. The first-order chi connectivity index (χ1) is 13.5. The van der Waals surface area contributed by atoms with Crippen molar-refractivity contribution in [3.63, 3.8) is 0 Å². The van der Waals surface area contributed by atoms with Gasteiger partial charge in [0.15, 0.2) is 5.76 Å². The topological polar surface area (TPSA) is 106 Å². The highest BCUT2D eigenvalue weighted by atomic mass is 35.5. The molecule has 0 aliphatic carbocycles. The van der Waals surface area contributed by atoms with E-state index in [9.17, 15) is 4.79 Å². The number of nitrogens with zero attached hydrogens (tertiary/aromatic N) is 3. The van der Waals surface area contributed by atoms with E-state index in [1.54, 1.807) is 31.6 Å². The number of anilines is 1. The lowest BCUT2D eigenvalue weighted by Crippen LogP contribution is -2.16. The average Bonchev–Trinajstić information content (AvgIpc) is 3.10. The van der Waals surface area contributed by atoms with Crippen LogP contribution in [0.15, 0.2) is 46.2 Å². The fraction of sp³-hybridized carbons (Fsp3) is 0.200. The fourth-order valence-electron chi connectivity index (χ4n) is 3.48. The van der Waals surface area contributed by atoms with Crippen LogP contribution in [-0.2, 0) is 4.79 Å². The molecule has 3 heterocycles. The molecule has 3 aromatic rings. The number of benzene rings is 1. The summed E-state index contributed by atoms with van der Waals surface area (Å²) in [6.07, 6.45) is 3.44. The molecule has 0 unspecified atom stereocenters. The molecular formula is C20H18ClN5O2. The van der Waals surface area contributed by atoms with Crippen molar-refractivity contribution >= 4 is 29.0 Å². The van der Waals surface area contributed by atoms with Crippen LogP contribution < -0.4 is 11.1 Å². The van der Waals surface area contributed by atoms with E-state index in [1.807, 2.05) is 19.1 Å². The van der Waals surface area contributed by atoms with Gasteiger partial charge >= 0.3 is 0 Å². The number of amides is 1. The van der Waals surface area contributed by atoms with Crippen molar-refractivity contribution in [2.24, 2.45) is 10.7 Å².